The van der Waals surface area contributed by atoms with Crippen LogP contribution in [0.2, 0.25) is 19.6 Å². The van der Waals surface area contributed by atoms with Crippen molar-refractivity contribution in [1.82, 2.24) is 0 Å². The van der Waals surface area contributed by atoms with Crippen LogP contribution in [0.1, 0.15) is 0 Å². The van der Waals surface area contributed by atoms with Gasteiger partial charge in [-0.2, -0.15) is 0 Å². The Balaban J connectivity index is 3.13. The number of hydrogen-bond donors (Lipinski definition) is 4. The second kappa shape index (κ2) is 4.92. The summed E-state index contributed by atoms with van der Waals surface area (Å²) in [6, 6.07) is 0. The molecule has 0 aromatic carbocycles. The van der Waals surface area contributed by atoms with E-state index in [2.05, 4.69) is 0 Å². The molecule has 1 unspecified atom stereocenters. The van der Waals surface area contributed by atoms with Gasteiger partial charge in [-0.05, 0) is 0 Å². The summed E-state index contributed by atoms with van der Waals surface area (Å²) in [5.41, 5.74) is 0. The minimum absolute atomic E-state index is 0.423. The molecule has 0 radical (unpaired) electrons. The highest BCUT2D eigenvalue weighted by Crippen LogP contribution is 2.37. The van der Waals surface area contributed by atoms with Crippen LogP contribution in [0.25, 0.3) is 0 Å². The fraction of sp³-hybridized carbons (Fsp3) is 1.00. The molecule has 1 rings (SSSR count). The summed E-state index contributed by atoms with van der Waals surface area (Å²) in [6.07, 6.45) is -5.11. The van der Waals surface area contributed by atoms with E-state index in [0.717, 1.165) is 0 Å². The standard InChI is InChI=1S/C10H22O6Si/c1-15-9-7(13)6(12)8(14)10(5-11,16-9)17(2,3)4/h6-9,11-14H,5H2,1-4H3/t6-,7+,8-,9+,10?/m1/s1. The molecule has 4 N–H and O–H groups in total. The molecule has 0 aliphatic carbocycles. The zero-order valence-corrected chi connectivity index (χ0v) is 11.6. The quantitative estimate of drug-likeness (QED) is 0.473. The molecule has 1 saturated heterocycles. The number of hydrogen-bond acceptors (Lipinski definition) is 6. The van der Waals surface area contributed by atoms with Crippen molar-refractivity contribution in [3.63, 3.8) is 0 Å². The van der Waals surface area contributed by atoms with Crippen molar-refractivity contribution in [2.24, 2.45) is 0 Å². The molecule has 0 aromatic heterocycles. The molecule has 0 aromatic rings. The number of methoxy groups -OCH3 is 1. The summed E-state index contributed by atoms with van der Waals surface area (Å²) >= 11 is 0. The third kappa shape index (κ3) is 2.28. The van der Waals surface area contributed by atoms with Gasteiger partial charge >= 0.3 is 0 Å². The molecule has 1 fully saturated rings. The lowest BCUT2D eigenvalue weighted by atomic mass is 9.98. The van der Waals surface area contributed by atoms with Crippen LogP contribution in [0.4, 0.5) is 0 Å². The maximum atomic E-state index is 10.1. The van der Waals surface area contributed by atoms with Crippen molar-refractivity contribution in [1.29, 1.82) is 0 Å². The summed E-state index contributed by atoms with van der Waals surface area (Å²) in [5, 5.41) is 37.9. The Morgan fingerprint density at radius 2 is 1.71 bits per heavy atom. The number of aliphatic hydroxyl groups excluding tert-OH is 4. The van der Waals surface area contributed by atoms with Crippen LogP contribution in [0.3, 0.4) is 0 Å². The van der Waals surface area contributed by atoms with Crippen molar-refractivity contribution in [3.05, 3.63) is 0 Å². The minimum Gasteiger partial charge on any atom is -0.394 e. The number of rotatable bonds is 3. The Morgan fingerprint density at radius 1 is 1.18 bits per heavy atom. The second-order valence-corrected chi connectivity index (χ2v) is 10.8. The first-order valence-electron chi connectivity index (χ1n) is 5.57. The molecule has 1 heterocycles. The van der Waals surface area contributed by atoms with Gasteiger partial charge in [-0.15, -0.1) is 0 Å². The monoisotopic (exact) mass is 266 g/mol. The SMILES string of the molecule is CO[C@H]1OC(CO)([Si](C)(C)C)[C@H](O)[C@H](O)[C@@H]1O. The lowest BCUT2D eigenvalue weighted by molar-refractivity contribution is -0.311. The van der Waals surface area contributed by atoms with Crippen LogP contribution in [0.5, 0.6) is 0 Å². The molecule has 1 aliphatic rings. The van der Waals surface area contributed by atoms with E-state index in [-0.39, 0.29) is 0 Å². The Hall–Kier alpha value is -0.0231. The zero-order valence-electron chi connectivity index (χ0n) is 10.6. The minimum atomic E-state index is -2.17. The fourth-order valence-corrected chi connectivity index (χ4v) is 4.15. The lowest BCUT2D eigenvalue weighted by Gasteiger charge is -2.53. The molecule has 6 nitrogen and oxygen atoms in total. The second-order valence-electron chi connectivity index (χ2n) is 5.45. The van der Waals surface area contributed by atoms with Crippen LogP contribution >= 0.6 is 0 Å². The normalized spacial score (nSPS) is 43.8. The summed E-state index contributed by atoms with van der Waals surface area (Å²) < 4.78 is 10.5. The van der Waals surface area contributed by atoms with E-state index in [4.69, 9.17) is 9.47 Å². The van der Waals surface area contributed by atoms with E-state index in [0.29, 0.717) is 0 Å². The molecule has 17 heavy (non-hydrogen) atoms. The van der Waals surface area contributed by atoms with Gasteiger partial charge in [0.25, 0.3) is 0 Å². The molecule has 0 saturated carbocycles. The molecule has 0 amide bonds. The van der Waals surface area contributed by atoms with E-state index >= 15 is 0 Å². The van der Waals surface area contributed by atoms with E-state index in [1.807, 2.05) is 19.6 Å². The highest BCUT2D eigenvalue weighted by atomic mass is 28.3. The van der Waals surface area contributed by atoms with Crippen molar-refractivity contribution < 1.29 is 29.9 Å². The van der Waals surface area contributed by atoms with Gasteiger partial charge in [0.05, 0.1) is 14.7 Å². The average Bonchev–Trinajstić information content (AvgIpc) is 2.25. The number of aliphatic hydroxyl groups is 4. The van der Waals surface area contributed by atoms with Crippen molar-refractivity contribution in [2.75, 3.05) is 13.7 Å². The van der Waals surface area contributed by atoms with E-state index in [9.17, 15) is 20.4 Å². The molecule has 0 bridgehead atoms. The van der Waals surface area contributed by atoms with Crippen LogP contribution in [0, 0.1) is 0 Å². The fourth-order valence-electron chi connectivity index (χ4n) is 2.15. The molecule has 5 atom stereocenters. The third-order valence-corrected chi connectivity index (χ3v) is 6.60. The maximum Gasteiger partial charge on any atom is 0.186 e. The summed E-state index contributed by atoms with van der Waals surface area (Å²) in [6.45, 7) is 5.30. The molecule has 102 valence electrons. The van der Waals surface area contributed by atoms with Gasteiger partial charge in [-0.25, -0.2) is 0 Å². The molecule has 0 spiro atoms. The zero-order chi connectivity index (χ0) is 13.4. The van der Waals surface area contributed by atoms with Crippen LogP contribution < -0.4 is 0 Å². The largest absolute Gasteiger partial charge is 0.394 e. The number of ether oxygens (including phenoxy) is 2. The van der Waals surface area contributed by atoms with Crippen molar-refractivity contribution in [2.45, 2.75) is 49.5 Å². The Bertz CT molecular complexity index is 266. The summed E-state index contributed by atoms with van der Waals surface area (Å²) in [7, 11) is -0.835. The Labute approximate surface area is 102 Å². The molecular formula is C10H22O6Si. The van der Waals surface area contributed by atoms with Gasteiger partial charge in [0.2, 0.25) is 0 Å². The predicted octanol–water partition coefficient (Wildman–Crippen LogP) is -1.32. The van der Waals surface area contributed by atoms with Gasteiger partial charge in [0.1, 0.15) is 23.5 Å². The van der Waals surface area contributed by atoms with Crippen LogP contribution in [-0.2, 0) is 9.47 Å². The van der Waals surface area contributed by atoms with Crippen LogP contribution in [-0.4, -0.2) is 72.0 Å². The lowest BCUT2D eigenvalue weighted by Crippen LogP contribution is -2.74. The van der Waals surface area contributed by atoms with Crippen molar-refractivity contribution >= 4 is 8.07 Å². The maximum absolute atomic E-state index is 10.1. The molecule has 1 aliphatic heterocycles. The first kappa shape index (κ1) is 15.0. The topological polar surface area (TPSA) is 99.4 Å². The Kier molecular flexibility index (Phi) is 4.36. The van der Waals surface area contributed by atoms with Crippen molar-refractivity contribution in [3.8, 4) is 0 Å². The van der Waals surface area contributed by atoms with Crippen LogP contribution in [0.15, 0.2) is 0 Å². The highest BCUT2D eigenvalue weighted by molar-refractivity contribution is 6.79. The van der Waals surface area contributed by atoms with E-state index < -0.39 is 44.5 Å². The summed E-state index contributed by atoms with van der Waals surface area (Å²) in [4.78, 5) is 0. The Morgan fingerprint density at radius 3 is 2.06 bits per heavy atom. The van der Waals surface area contributed by atoms with E-state index in [1.165, 1.54) is 7.11 Å². The van der Waals surface area contributed by atoms with Gasteiger partial charge in [-0.1, -0.05) is 19.6 Å². The average molecular weight is 266 g/mol. The predicted molar refractivity (Wildman–Crippen MR) is 63.1 cm³/mol. The molecule has 7 heteroatoms. The molecular weight excluding hydrogens is 244 g/mol. The van der Waals surface area contributed by atoms with Gasteiger partial charge in [0, 0.05) is 7.11 Å². The summed E-state index contributed by atoms with van der Waals surface area (Å²) in [5.74, 6) is 0. The first-order valence-corrected chi connectivity index (χ1v) is 9.07. The smallest absolute Gasteiger partial charge is 0.186 e. The third-order valence-electron chi connectivity index (χ3n) is 3.49. The highest BCUT2D eigenvalue weighted by Gasteiger charge is 2.59. The van der Waals surface area contributed by atoms with Gasteiger partial charge in [-0.3, -0.25) is 0 Å². The van der Waals surface area contributed by atoms with Gasteiger partial charge in [0.15, 0.2) is 6.29 Å². The van der Waals surface area contributed by atoms with E-state index in [1.54, 1.807) is 0 Å². The first-order chi connectivity index (χ1) is 7.71. The van der Waals surface area contributed by atoms with Gasteiger partial charge < -0.3 is 29.9 Å².